The van der Waals surface area contributed by atoms with Crippen LogP contribution in [-0.4, -0.2) is 61.2 Å². The minimum absolute atomic E-state index is 0.0969. The van der Waals surface area contributed by atoms with E-state index in [1.807, 2.05) is 54.6 Å². The van der Waals surface area contributed by atoms with Gasteiger partial charge in [0.2, 0.25) is 17.7 Å². The van der Waals surface area contributed by atoms with Gasteiger partial charge in [0.05, 0.1) is 35.7 Å². The van der Waals surface area contributed by atoms with Crippen LogP contribution >= 0.6 is 23.2 Å². The Kier molecular flexibility index (Phi) is 10.8. The molecule has 0 bridgehead atoms. The molecule has 2 aliphatic rings. The summed E-state index contributed by atoms with van der Waals surface area (Å²) >= 11 is 14.1. The van der Waals surface area contributed by atoms with Gasteiger partial charge in [0.25, 0.3) is 0 Å². The quantitative estimate of drug-likeness (QED) is 0.144. The lowest BCUT2D eigenvalue weighted by Gasteiger charge is -2.16. The summed E-state index contributed by atoms with van der Waals surface area (Å²) in [6.07, 6.45) is 4.55. The van der Waals surface area contributed by atoms with Crippen molar-refractivity contribution in [2.75, 3.05) is 27.3 Å². The lowest BCUT2D eigenvalue weighted by Crippen LogP contribution is -2.35. The Morgan fingerprint density at radius 3 is 2.10 bits per heavy atom. The van der Waals surface area contributed by atoms with Crippen LogP contribution in [-0.2, 0) is 22.7 Å². The fraction of sp³-hybridized carbons (Fsp3) is 0.333. The minimum Gasteiger partial charge on any atom is -0.496 e. The van der Waals surface area contributed by atoms with Crippen LogP contribution in [0.25, 0.3) is 33.6 Å². The third-order valence-corrected chi connectivity index (χ3v) is 9.52. The molecule has 2 aromatic carbocycles. The lowest BCUT2D eigenvalue weighted by atomic mass is 9.99. The summed E-state index contributed by atoms with van der Waals surface area (Å²) in [5, 5.41) is 13.7. The molecule has 4 N–H and O–H groups in total. The maximum absolute atomic E-state index is 11.5. The van der Waals surface area contributed by atoms with E-state index in [-0.39, 0.29) is 23.9 Å². The SMILES string of the molecule is COc1cc(-c2ccnc(-c3cccc(-c4ccc(CNC[C@@H]5CCC(=O)N5)c(OC)n4)c3Cl)c2Cl)ccc1CNC[C@H]1CCC(=O)N1. The second kappa shape index (κ2) is 15.3. The third-order valence-electron chi connectivity index (χ3n) is 8.73. The van der Waals surface area contributed by atoms with Gasteiger partial charge in [-0.3, -0.25) is 14.6 Å². The van der Waals surface area contributed by atoms with Crippen molar-refractivity contribution in [3.05, 3.63) is 82.0 Å². The molecule has 10 nitrogen and oxygen atoms in total. The van der Waals surface area contributed by atoms with E-state index in [4.69, 9.17) is 37.7 Å². The van der Waals surface area contributed by atoms with Crippen LogP contribution in [0.1, 0.15) is 36.8 Å². The molecule has 2 fully saturated rings. The molecule has 0 saturated carbocycles. The van der Waals surface area contributed by atoms with Gasteiger partial charge in [-0.2, -0.15) is 0 Å². The Balaban J connectivity index is 1.20. The van der Waals surface area contributed by atoms with E-state index >= 15 is 0 Å². The molecule has 4 heterocycles. The first kappa shape index (κ1) is 33.7. The average Bonchev–Trinajstić information content (AvgIpc) is 3.72. The summed E-state index contributed by atoms with van der Waals surface area (Å²) in [6.45, 7) is 2.52. The molecule has 2 saturated heterocycles. The molecule has 0 unspecified atom stereocenters. The fourth-order valence-electron chi connectivity index (χ4n) is 6.18. The summed E-state index contributed by atoms with van der Waals surface area (Å²) in [5.41, 5.74) is 6.18. The molecule has 250 valence electrons. The highest BCUT2D eigenvalue weighted by molar-refractivity contribution is 6.39. The van der Waals surface area contributed by atoms with Crippen molar-refractivity contribution in [3.8, 4) is 45.3 Å². The molecule has 0 spiro atoms. The molecule has 4 aromatic rings. The van der Waals surface area contributed by atoms with Crippen LogP contribution in [0.4, 0.5) is 0 Å². The molecule has 48 heavy (non-hydrogen) atoms. The normalized spacial score (nSPS) is 17.3. The number of amides is 2. The number of benzene rings is 2. The van der Waals surface area contributed by atoms with Crippen molar-refractivity contribution in [2.24, 2.45) is 0 Å². The van der Waals surface area contributed by atoms with E-state index in [9.17, 15) is 9.59 Å². The molecule has 12 heteroatoms. The summed E-state index contributed by atoms with van der Waals surface area (Å²) in [7, 11) is 3.24. The fourth-order valence-corrected chi connectivity index (χ4v) is 6.81. The zero-order valence-electron chi connectivity index (χ0n) is 26.9. The third kappa shape index (κ3) is 7.57. The van der Waals surface area contributed by atoms with Crippen LogP contribution in [0.2, 0.25) is 10.0 Å². The molecule has 2 amide bonds. The van der Waals surface area contributed by atoms with E-state index in [2.05, 4.69) is 26.3 Å². The number of carbonyl (C=O) groups is 2. The first-order valence-electron chi connectivity index (χ1n) is 16.0. The molecule has 2 atom stereocenters. The van der Waals surface area contributed by atoms with Crippen molar-refractivity contribution < 1.29 is 19.1 Å². The molecular formula is C36H38Cl2N6O4. The van der Waals surface area contributed by atoms with Crippen molar-refractivity contribution in [2.45, 2.75) is 50.9 Å². The highest BCUT2D eigenvalue weighted by Crippen LogP contribution is 2.42. The zero-order chi connectivity index (χ0) is 33.6. The number of rotatable bonds is 13. The number of nitrogens with one attached hydrogen (secondary N) is 4. The van der Waals surface area contributed by atoms with E-state index in [1.54, 1.807) is 20.4 Å². The monoisotopic (exact) mass is 688 g/mol. The van der Waals surface area contributed by atoms with E-state index in [0.717, 1.165) is 46.4 Å². The van der Waals surface area contributed by atoms with Gasteiger partial charge >= 0.3 is 0 Å². The van der Waals surface area contributed by atoms with Gasteiger partial charge in [-0.25, -0.2) is 4.98 Å². The van der Waals surface area contributed by atoms with E-state index in [0.29, 0.717) is 71.9 Å². The Hall–Kier alpha value is -4.22. The Morgan fingerprint density at radius 1 is 0.792 bits per heavy atom. The predicted molar refractivity (Wildman–Crippen MR) is 187 cm³/mol. The highest BCUT2D eigenvalue weighted by atomic mass is 35.5. The van der Waals surface area contributed by atoms with E-state index < -0.39 is 0 Å². The Bertz CT molecular complexity index is 1690. The lowest BCUT2D eigenvalue weighted by molar-refractivity contribution is -0.120. The molecule has 2 aromatic heterocycles. The zero-order valence-corrected chi connectivity index (χ0v) is 28.4. The van der Waals surface area contributed by atoms with Gasteiger partial charge in [0.15, 0.2) is 0 Å². The first-order valence-corrected chi connectivity index (χ1v) is 16.7. The molecular weight excluding hydrogens is 651 g/mol. The number of ether oxygens (including phenoxy) is 2. The molecule has 2 aliphatic heterocycles. The topological polar surface area (TPSA) is 126 Å². The number of hydrogen-bond acceptors (Lipinski definition) is 8. The molecule has 6 rings (SSSR count). The van der Waals surface area contributed by atoms with Crippen LogP contribution in [0.15, 0.2) is 60.8 Å². The number of carbonyl (C=O) groups excluding carboxylic acids is 2. The molecule has 0 aliphatic carbocycles. The maximum Gasteiger partial charge on any atom is 0.220 e. The number of hydrogen-bond donors (Lipinski definition) is 4. The van der Waals surface area contributed by atoms with Gasteiger partial charge in [-0.15, -0.1) is 0 Å². The average molecular weight is 690 g/mol. The van der Waals surface area contributed by atoms with Crippen molar-refractivity contribution in [3.63, 3.8) is 0 Å². The molecule has 0 radical (unpaired) electrons. The number of aromatic nitrogens is 2. The summed E-state index contributed by atoms with van der Waals surface area (Å²) < 4.78 is 11.4. The number of nitrogens with zero attached hydrogens (tertiary/aromatic N) is 2. The van der Waals surface area contributed by atoms with Gasteiger partial charge < -0.3 is 30.7 Å². The number of pyridine rings is 2. The van der Waals surface area contributed by atoms with Crippen molar-refractivity contribution in [1.29, 1.82) is 0 Å². The second-order valence-electron chi connectivity index (χ2n) is 11.9. The van der Waals surface area contributed by atoms with Gasteiger partial charge in [0, 0.05) is 85.1 Å². The van der Waals surface area contributed by atoms with Crippen molar-refractivity contribution in [1.82, 2.24) is 31.2 Å². The van der Waals surface area contributed by atoms with Gasteiger partial charge in [0.1, 0.15) is 5.75 Å². The largest absolute Gasteiger partial charge is 0.496 e. The van der Waals surface area contributed by atoms with Crippen molar-refractivity contribution >= 4 is 35.0 Å². The van der Waals surface area contributed by atoms with Crippen LogP contribution < -0.4 is 30.7 Å². The summed E-state index contributed by atoms with van der Waals surface area (Å²) in [4.78, 5) is 32.4. The van der Waals surface area contributed by atoms with Gasteiger partial charge in [-0.05, 0) is 36.6 Å². The summed E-state index contributed by atoms with van der Waals surface area (Å²) in [5.74, 6) is 1.43. The predicted octanol–water partition coefficient (Wildman–Crippen LogP) is 5.54. The summed E-state index contributed by atoms with van der Waals surface area (Å²) in [6, 6.07) is 17.7. The Labute approximate surface area is 289 Å². The van der Waals surface area contributed by atoms with Crippen LogP contribution in [0.3, 0.4) is 0 Å². The van der Waals surface area contributed by atoms with Gasteiger partial charge in [-0.1, -0.05) is 59.6 Å². The number of halogens is 2. The first-order chi connectivity index (χ1) is 23.3. The smallest absolute Gasteiger partial charge is 0.220 e. The minimum atomic E-state index is 0.0969. The Morgan fingerprint density at radius 2 is 1.46 bits per heavy atom. The van der Waals surface area contributed by atoms with Crippen LogP contribution in [0, 0.1) is 0 Å². The highest BCUT2D eigenvalue weighted by Gasteiger charge is 2.22. The van der Waals surface area contributed by atoms with Crippen LogP contribution in [0.5, 0.6) is 11.6 Å². The maximum atomic E-state index is 11.5. The standard InChI is InChI=1S/C36H38Cl2N6O4/c1-47-30-16-21(6-7-22(30)17-39-19-24-9-12-31(45)42-24)26-14-15-41-35(34(26)38)28-5-3-4-27(33(28)37)29-11-8-23(36(44-29)48-2)18-40-20-25-10-13-32(46)43-25/h3-8,11,14-16,24-25,39-40H,9-10,12-13,17-20H2,1-2H3,(H,42,45)(H,43,46)/t24-,25+/m1/s1. The number of methoxy groups -OCH3 is 2. The van der Waals surface area contributed by atoms with E-state index in [1.165, 1.54) is 0 Å². The second-order valence-corrected chi connectivity index (χ2v) is 12.7.